The monoisotopic (exact) mass is 308 g/mol. The van der Waals surface area contributed by atoms with E-state index in [0.717, 1.165) is 22.3 Å². The van der Waals surface area contributed by atoms with Crippen molar-refractivity contribution in [3.05, 3.63) is 0 Å². The van der Waals surface area contributed by atoms with Crippen LogP contribution in [-0.4, -0.2) is 48.9 Å². The van der Waals surface area contributed by atoms with E-state index in [0.29, 0.717) is 18.0 Å². The van der Waals surface area contributed by atoms with Crippen molar-refractivity contribution in [2.24, 2.45) is 0 Å². The summed E-state index contributed by atoms with van der Waals surface area (Å²) in [4.78, 5) is 0.0274. The predicted molar refractivity (Wildman–Crippen MR) is 76.8 cm³/mol. The molecule has 1 rings (SSSR count). The van der Waals surface area contributed by atoms with Crippen LogP contribution in [0.1, 0.15) is 19.8 Å². The number of nitrogens with zero attached hydrogens (tertiary/aromatic N) is 2. The number of aliphatic hydroxyl groups is 1. The zero-order valence-electron chi connectivity index (χ0n) is 11.3. The number of nitrogens with one attached hydrogen (secondary N) is 1. The third-order valence-electron chi connectivity index (χ3n) is 2.50. The van der Waals surface area contributed by atoms with Gasteiger partial charge in [0.2, 0.25) is 10.0 Å². The summed E-state index contributed by atoms with van der Waals surface area (Å²) in [7, 11) is -0.708. The van der Waals surface area contributed by atoms with Crippen LogP contribution in [0.15, 0.2) is 4.90 Å². The second-order valence-electron chi connectivity index (χ2n) is 4.43. The zero-order valence-corrected chi connectivity index (χ0v) is 12.9. The quantitative estimate of drug-likeness (QED) is 0.635. The lowest BCUT2D eigenvalue weighted by molar-refractivity contribution is 0.183. The summed E-state index contributed by atoms with van der Waals surface area (Å²) in [6.45, 7) is 2.27. The lowest BCUT2D eigenvalue weighted by atomic mass is 10.2. The molecule has 110 valence electrons. The van der Waals surface area contributed by atoms with E-state index in [1.165, 1.54) is 14.1 Å². The highest BCUT2D eigenvalue weighted by Gasteiger charge is 2.27. The SMILES string of the molecule is CC(O)CCCNc1snc(N)c1S(=O)(=O)N(C)C. The Hall–Kier alpha value is -0.900. The molecular weight excluding hydrogens is 288 g/mol. The van der Waals surface area contributed by atoms with Crippen LogP contribution in [0.4, 0.5) is 10.8 Å². The Morgan fingerprint density at radius 1 is 1.53 bits per heavy atom. The molecule has 0 aliphatic rings. The van der Waals surface area contributed by atoms with Crippen LogP contribution in [0, 0.1) is 0 Å². The van der Waals surface area contributed by atoms with Gasteiger partial charge in [0.05, 0.1) is 6.10 Å². The van der Waals surface area contributed by atoms with Crippen molar-refractivity contribution in [1.82, 2.24) is 8.68 Å². The molecule has 0 aromatic carbocycles. The van der Waals surface area contributed by atoms with Crippen LogP contribution in [0.3, 0.4) is 0 Å². The summed E-state index contributed by atoms with van der Waals surface area (Å²) in [5.74, 6) is 0.0109. The van der Waals surface area contributed by atoms with Gasteiger partial charge < -0.3 is 16.2 Å². The molecule has 0 saturated heterocycles. The molecule has 19 heavy (non-hydrogen) atoms. The molecule has 1 unspecified atom stereocenters. The van der Waals surface area contributed by atoms with E-state index in [1.54, 1.807) is 6.92 Å². The van der Waals surface area contributed by atoms with Gasteiger partial charge in [-0.1, -0.05) is 0 Å². The van der Waals surface area contributed by atoms with Crippen molar-refractivity contribution in [3.8, 4) is 0 Å². The fraction of sp³-hybridized carbons (Fsp3) is 0.700. The van der Waals surface area contributed by atoms with Crippen molar-refractivity contribution < 1.29 is 13.5 Å². The molecule has 4 N–H and O–H groups in total. The molecule has 0 aliphatic carbocycles. The van der Waals surface area contributed by atoms with Crippen molar-refractivity contribution in [2.45, 2.75) is 30.8 Å². The first-order valence-electron chi connectivity index (χ1n) is 5.86. The fourth-order valence-corrected chi connectivity index (χ4v) is 3.54. The molecule has 0 radical (unpaired) electrons. The largest absolute Gasteiger partial charge is 0.393 e. The Morgan fingerprint density at radius 2 is 2.16 bits per heavy atom. The average molecular weight is 308 g/mol. The summed E-state index contributed by atoms with van der Waals surface area (Å²) in [5.41, 5.74) is 5.63. The first-order chi connectivity index (χ1) is 8.76. The summed E-state index contributed by atoms with van der Waals surface area (Å²) in [6.07, 6.45) is 1.02. The van der Waals surface area contributed by atoms with Crippen LogP contribution >= 0.6 is 11.5 Å². The molecule has 0 amide bonds. The van der Waals surface area contributed by atoms with Gasteiger partial charge in [-0.25, -0.2) is 12.7 Å². The van der Waals surface area contributed by atoms with Crippen LogP contribution in [0.2, 0.25) is 0 Å². The number of rotatable bonds is 7. The number of nitrogens with two attached hydrogens (primary N) is 1. The van der Waals surface area contributed by atoms with E-state index >= 15 is 0 Å². The molecular formula is C10H20N4O3S2. The third kappa shape index (κ3) is 4.03. The van der Waals surface area contributed by atoms with Gasteiger partial charge in [0, 0.05) is 20.6 Å². The fourth-order valence-electron chi connectivity index (χ4n) is 1.44. The van der Waals surface area contributed by atoms with E-state index in [9.17, 15) is 8.42 Å². The van der Waals surface area contributed by atoms with Crippen LogP contribution in [0.25, 0.3) is 0 Å². The van der Waals surface area contributed by atoms with Crippen molar-refractivity contribution in [1.29, 1.82) is 0 Å². The van der Waals surface area contributed by atoms with Gasteiger partial charge in [-0.2, -0.15) is 4.37 Å². The number of aliphatic hydroxyl groups excluding tert-OH is 1. The number of hydrogen-bond donors (Lipinski definition) is 3. The number of sulfonamides is 1. The van der Waals surface area contributed by atoms with Crippen LogP contribution < -0.4 is 11.1 Å². The Kier molecular flexibility index (Phi) is 5.53. The first kappa shape index (κ1) is 16.2. The van der Waals surface area contributed by atoms with Gasteiger partial charge in [0.25, 0.3) is 0 Å². The topological polar surface area (TPSA) is 109 Å². The summed E-state index contributed by atoms with van der Waals surface area (Å²) < 4.78 is 29.2. The highest BCUT2D eigenvalue weighted by molar-refractivity contribution is 7.89. The standard InChI is InChI=1S/C10H20N4O3S2/c1-7(15)5-4-6-12-10-8(9(11)13-18-10)19(16,17)14(2)3/h7,12,15H,4-6H2,1-3H3,(H2,11,13). The molecule has 0 aliphatic heterocycles. The molecule has 0 fully saturated rings. The van der Waals surface area contributed by atoms with E-state index in [-0.39, 0.29) is 16.8 Å². The molecule has 1 atom stereocenters. The van der Waals surface area contributed by atoms with E-state index in [4.69, 9.17) is 10.8 Å². The maximum absolute atomic E-state index is 12.1. The zero-order chi connectivity index (χ0) is 14.6. The van der Waals surface area contributed by atoms with E-state index in [1.807, 2.05) is 0 Å². The van der Waals surface area contributed by atoms with Crippen LogP contribution in [-0.2, 0) is 10.0 Å². The molecule has 1 heterocycles. The lowest BCUT2D eigenvalue weighted by Gasteiger charge is -2.13. The smallest absolute Gasteiger partial charge is 0.249 e. The van der Waals surface area contributed by atoms with E-state index < -0.39 is 10.0 Å². The van der Waals surface area contributed by atoms with Crippen LogP contribution in [0.5, 0.6) is 0 Å². The molecule has 0 bridgehead atoms. The summed E-state index contributed by atoms with van der Waals surface area (Å²) in [6, 6.07) is 0. The normalized spacial score (nSPS) is 13.7. The third-order valence-corrected chi connectivity index (χ3v) is 5.34. The molecule has 9 heteroatoms. The molecule has 1 aromatic rings. The molecule has 7 nitrogen and oxygen atoms in total. The van der Waals surface area contributed by atoms with Gasteiger partial charge >= 0.3 is 0 Å². The Bertz CT molecular complexity index is 511. The number of aromatic nitrogens is 1. The molecule has 0 saturated carbocycles. The maximum Gasteiger partial charge on any atom is 0.249 e. The Labute approximate surface area is 117 Å². The molecule has 1 aromatic heterocycles. The lowest BCUT2D eigenvalue weighted by Crippen LogP contribution is -2.23. The Balaban J connectivity index is 2.82. The summed E-state index contributed by atoms with van der Waals surface area (Å²) >= 11 is 1.02. The summed E-state index contributed by atoms with van der Waals surface area (Å²) in [5, 5.41) is 12.6. The highest BCUT2D eigenvalue weighted by atomic mass is 32.2. The minimum absolute atomic E-state index is 0.0109. The molecule has 0 spiro atoms. The Morgan fingerprint density at radius 3 is 2.68 bits per heavy atom. The highest BCUT2D eigenvalue weighted by Crippen LogP contribution is 2.32. The van der Waals surface area contributed by atoms with Gasteiger partial charge in [0.15, 0.2) is 10.7 Å². The first-order valence-corrected chi connectivity index (χ1v) is 8.07. The van der Waals surface area contributed by atoms with Crippen molar-refractivity contribution in [2.75, 3.05) is 31.7 Å². The minimum atomic E-state index is -3.60. The van der Waals surface area contributed by atoms with Gasteiger partial charge in [0.1, 0.15) is 5.00 Å². The van der Waals surface area contributed by atoms with Crippen molar-refractivity contribution in [3.63, 3.8) is 0 Å². The van der Waals surface area contributed by atoms with E-state index in [2.05, 4.69) is 9.69 Å². The average Bonchev–Trinajstić information content (AvgIpc) is 2.66. The number of nitrogen functional groups attached to an aromatic ring is 1. The maximum atomic E-state index is 12.1. The predicted octanol–water partition coefficient (Wildman–Crippen LogP) is 0.549. The number of hydrogen-bond acceptors (Lipinski definition) is 7. The second-order valence-corrected chi connectivity index (χ2v) is 7.29. The van der Waals surface area contributed by atoms with Gasteiger partial charge in [-0.3, -0.25) is 0 Å². The van der Waals surface area contributed by atoms with Gasteiger partial charge in [-0.05, 0) is 31.3 Å². The minimum Gasteiger partial charge on any atom is -0.393 e. The van der Waals surface area contributed by atoms with Crippen molar-refractivity contribution >= 4 is 32.4 Å². The number of anilines is 2. The van der Waals surface area contributed by atoms with Gasteiger partial charge in [-0.15, -0.1) is 0 Å². The second kappa shape index (κ2) is 6.51.